The van der Waals surface area contributed by atoms with Crippen LogP contribution in [0.15, 0.2) is 4.52 Å². The van der Waals surface area contributed by atoms with E-state index in [4.69, 9.17) is 4.52 Å². The van der Waals surface area contributed by atoms with Crippen LogP contribution in [0.1, 0.15) is 38.4 Å². The third-order valence-electron chi connectivity index (χ3n) is 3.15. The van der Waals surface area contributed by atoms with Gasteiger partial charge in [-0.3, -0.25) is 4.90 Å². The van der Waals surface area contributed by atoms with E-state index < -0.39 is 0 Å². The lowest BCUT2D eigenvalue weighted by Gasteiger charge is -2.20. The van der Waals surface area contributed by atoms with Crippen molar-refractivity contribution in [2.24, 2.45) is 5.92 Å². The van der Waals surface area contributed by atoms with E-state index in [1.807, 2.05) is 0 Å². The van der Waals surface area contributed by atoms with Crippen LogP contribution < -0.4 is 0 Å². The van der Waals surface area contributed by atoms with Gasteiger partial charge in [-0.05, 0) is 25.3 Å². The lowest BCUT2D eigenvalue weighted by molar-refractivity contribution is 0.150. The summed E-state index contributed by atoms with van der Waals surface area (Å²) in [7, 11) is 0. The van der Waals surface area contributed by atoms with Gasteiger partial charge in [0.25, 0.3) is 0 Å². The van der Waals surface area contributed by atoms with Crippen molar-refractivity contribution in [2.75, 3.05) is 13.2 Å². The second-order valence-corrected chi connectivity index (χ2v) is 5.15. The van der Waals surface area contributed by atoms with Crippen molar-refractivity contribution in [2.45, 2.75) is 45.7 Å². The number of aliphatic hydroxyl groups is 1. The number of rotatable bonds is 5. The summed E-state index contributed by atoms with van der Waals surface area (Å²) in [5, 5.41) is 13.2. The molecular formula is C12H21N3O2. The maximum atomic E-state index is 9.23. The minimum absolute atomic E-state index is 0.219. The fourth-order valence-corrected chi connectivity index (χ4v) is 2.28. The maximum Gasteiger partial charge on any atom is 0.226 e. The van der Waals surface area contributed by atoms with E-state index in [0.29, 0.717) is 12.5 Å². The van der Waals surface area contributed by atoms with E-state index in [2.05, 4.69) is 28.9 Å². The molecule has 0 spiro atoms. The van der Waals surface area contributed by atoms with Crippen molar-refractivity contribution in [1.29, 1.82) is 0 Å². The molecule has 0 unspecified atom stereocenters. The van der Waals surface area contributed by atoms with Gasteiger partial charge in [-0.2, -0.15) is 4.98 Å². The van der Waals surface area contributed by atoms with Crippen LogP contribution in [0.5, 0.6) is 0 Å². The average molecular weight is 239 g/mol. The monoisotopic (exact) mass is 239 g/mol. The summed E-state index contributed by atoms with van der Waals surface area (Å²) in [5.74, 6) is 1.98. The van der Waals surface area contributed by atoms with Crippen molar-refractivity contribution in [3.8, 4) is 0 Å². The Kier molecular flexibility index (Phi) is 4.12. The molecule has 0 aliphatic carbocycles. The Balaban J connectivity index is 1.92. The molecule has 1 aromatic heterocycles. The summed E-state index contributed by atoms with van der Waals surface area (Å²) >= 11 is 0. The number of likely N-dealkylation sites (tertiary alicyclic amines) is 1. The number of nitrogens with zero attached hydrogens (tertiary/aromatic N) is 3. The molecule has 0 bridgehead atoms. The van der Waals surface area contributed by atoms with Crippen LogP contribution in [-0.4, -0.2) is 39.3 Å². The Bertz CT molecular complexity index is 351. The second-order valence-electron chi connectivity index (χ2n) is 5.15. The van der Waals surface area contributed by atoms with E-state index in [9.17, 15) is 5.11 Å². The molecule has 5 heteroatoms. The smallest absolute Gasteiger partial charge is 0.226 e. The third-order valence-corrected chi connectivity index (χ3v) is 3.15. The first kappa shape index (κ1) is 12.5. The number of aromatic nitrogens is 2. The zero-order valence-corrected chi connectivity index (χ0v) is 10.6. The first-order chi connectivity index (χ1) is 8.19. The highest BCUT2D eigenvalue weighted by atomic mass is 16.5. The lowest BCUT2D eigenvalue weighted by Crippen LogP contribution is -2.32. The quantitative estimate of drug-likeness (QED) is 0.837. The van der Waals surface area contributed by atoms with Crippen LogP contribution in [0.25, 0.3) is 0 Å². The average Bonchev–Trinajstić information content (AvgIpc) is 2.87. The number of hydrogen-bond acceptors (Lipinski definition) is 5. The molecule has 17 heavy (non-hydrogen) atoms. The Hall–Kier alpha value is -0.940. The van der Waals surface area contributed by atoms with E-state index in [0.717, 1.165) is 37.5 Å². The summed E-state index contributed by atoms with van der Waals surface area (Å²) in [5.41, 5.74) is 0. The highest BCUT2D eigenvalue weighted by Gasteiger charge is 2.25. The van der Waals surface area contributed by atoms with Gasteiger partial charge in [0.15, 0.2) is 5.82 Å². The van der Waals surface area contributed by atoms with Gasteiger partial charge in [0.2, 0.25) is 5.89 Å². The van der Waals surface area contributed by atoms with Crippen molar-refractivity contribution in [1.82, 2.24) is 15.0 Å². The maximum absolute atomic E-state index is 9.23. The predicted octanol–water partition coefficient (Wildman–Crippen LogP) is 1.22. The van der Waals surface area contributed by atoms with Crippen molar-refractivity contribution in [3.05, 3.63) is 11.7 Å². The van der Waals surface area contributed by atoms with E-state index in [-0.39, 0.29) is 12.6 Å². The van der Waals surface area contributed by atoms with E-state index >= 15 is 0 Å². The number of hydrogen-bond donors (Lipinski definition) is 1. The molecule has 1 aliphatic heterocycles. The van der Waals surface area contributed by atoms with Crippen LogP contribution >= 0.6 is 0 Å². The zero-order chi connectivity index (χ0) is 12.3. The molecule has 1 aromatic rings. The van der Waals surface area contributed by atoms with Crippen LogP contribution in [0, 0.1) is 5.92 Å². The standard InChI is InChI=1S/C12H21N3O2/c1-9(2)6-12-13-11(14-17-12)7-15-5-3-4-10(15)8-16/h9-10,16H,3-8H2,1-2H3/t10-/m0/s1. The summed E-state index contributed by atoms with van der Waals surface area (Å²) in [6, 6.07) is 0.266. The predicted molar refractivity (Wildman–Crippen MR) is 63.4 cm³/mol. The minimum Gasteiger partial charge on any atom is -0.395 e. The number of aliphatic hydroxyl groups excluding tert-OH is 1. The minimum atomic E-state index is 0.219. The SMILES string of the molecule is CC(C)Cc1nc(CN2CCC[C@H]2CO)no1. The molecule has 2 heterocycles. The van der Waals surface area contributed by atoms with Gasteiger partial charge in [0.05, 0.1) is 13.2 Å². The van der Waals surface area contributed by atoms with Crippen LogP contribution in [0.2, 0.25) is 0 Å². The molecule has 0 saturated carbocycles. The van der Waals surface area contributed by atoms with E-state index in [1.54, 1.807) is 0 Å². The summed E-state index contributed by atoms with van der Waals surface area (Å²) in [4.78, 5) is 6.61. The summed E-state index contributed by atoms with van der Waals surface area (Å²) < 4.78 is 5.20. The molecule has 1 N–H and O–H groups in total. The highest BCUT2D eigenvalue weighted by molar-refractivity contribution is 4.90. The van der Waals surface area contributed by atoms with Crippen LogP contribution in [0.4, 0.5) is 0 Å². The molecule has 0 radical (unpaired) electrons. The second kappa shape index (κ2) is 5.60. The molecule has 5 nitrogen and oxygen atoms in total. The van der Waals surface area contributed by atoms with E-state index in [1.165, 1.54) is 0 Å². The lowest BCUT2D eigenvalue weighted by atomic mass is 10.1. The Morgan fingerprint density at radius 3 is 3.06 bits per heavy atom. The van der Waals surface area contributed by atoms with Gasteiger partial charge in [-0.1, -0.05) is 19.0 Å². The molecule has 1 saturated heterocycles. The van der Waals surface area contributed by atoms with Gasteiger partial charge in [0.1, 0.15) is 0 Å². The summed E-state index contributed by atoms with van der Waals surface area (Å²) in [6.45, 7) is 6.18. The first-order valence-corrected chi connectivity index (χ1v) is 6.35. The molecule has 1 aliphatic rings. The zero-order valence-electron chi connectivity index (χ0n) is 10.6. The van der Waals surface area contributed by atoms with Crippen molar-refractivity contribution >= 4 is 0 Å². The largest absolute Gasteiger partial charge is 0.395 e. The van der Waals surface area contributed by atoms with Gasteiger partial charge in [-0.25, -0.2) is 0 Å². The van der Waals surface area contributed by atoms with Gasteiger partial charge in [0, 0.05) is 12.5 Å². The fourth-order valence-electron chi connectivity index (χ4n) is 2.28. The Morgan fingerprint density at radius 1 is 1.53 bits per heavy atom. The topological polar surface area (TPSA) is 62.4 Å². The molecule has 1 fully saturated rings. The molecule has 0 aromatic carbocycles. The van der Waals surface area contributed by atoms with Crippen LogP contribution in [-0.2, 0) is 13.0 Å². The van der Waals surface area contributed by atoms with Gasteiger partial charge < -0.3 is 9.63 Å². The Morgan fingerprint density at radius 2 is 2.35 bits per heavy atom. The Labute approximate surface area is 102 Å². The fraction of sp³-hybridized carbons (Fsp3) is 0.833. The van der Waals surface area contributed by atoms with Gasteiger partial charge in [-0.15, -0.1) is 0 Å². The first-order valence-electron chi connectivity index (χ1n) is 6.35. The van der Waals surface area contributed by atoms with Crippen molar-refractivity contribution < 1.29 is 9.63 Å². The highest BCUT2D eigenvalue weighted by Crippen LogP contribution is 2.18. The molecule has 0 amide bonds. The molecule has 1 atom stereocenters. The van der Waals surface area contributed by atoms with Gasteiger partial charge >= 0.3 is 0 Å². The third kappa shape index (κ3) is 3.26. The van der Waals surface area contributed by atoms with Crippen LogP contribution in [0.3, 0.4) is 0 Å². The normalized spacial score (nSPS) is 21.5. The molecular weight excluding hydrogens is 218 g/mol. The summed E-state index contributed by atoms with van der Waals surface area (Å²) in [6.07, 6.45) is 3.03. The molecule has 96 valence electrons. The van der Waals surface area contributed by atoms with Crippen molar-refractivity contribution in [3.63, 3.8) is 0 Å². The molecule has 2 rings (SSSR count).